The molecule has 26 heavy (non-hydrogen) atoms. The molecular formula is C19H21N5O2. The number of hydrogen-bond donors (Lipinski definition) is 3. The molecule has 2 heterocycles. The third-order valence-corrected chi connectivity index (χ3v) is 4.66. The summed E-state index contributed by atoms with van der Waals surface area (Å²) in [5.74, 6) is -0.0459. The van der Waals surface area contributed by atoms with Crippen LogP contribution in [0.2, 0.25) is 0 Å². The Morgan fingerprint density at radius 2 is 1.69 bits per heavy atom. The van der Waals surface area contributed by atoms with E-state index >= 15 is 0 Å². The predicted molar refractivity (Wildman–Crippen MR) is 103 cm³/mol. The van der Waals surface area contributed by atoms with E-state index < -0.39 is 0 Å². The van der Waals surface area contributed by atoms with Crippen molar-refractivity contribution in [3.63, 3.8) is 0 Å². The van der Waals surface area contributed by atoms with Crippen LogP contribution in [0.3, 0.4) is 0 Å². The fourth-order valence-electron chi connectivity index (χ4n) is 3.32. The maximum atomic E-state index is 12.3. The van der Waals surface area contributed by atoms with E-state index in [1.54, 1.807) is 18.2 Å². The van der Waals surface area contributed by atoms with Crippen LogP contribution in [-0.4, -0.2) is 53.5 Å². The summed E-state index contributed by atoms with van der Waals surface area (Å²) in [5.41, 5.74) is 3.07. The molecule has 0 unspecified atom stereocenters. The standard InChI is InChI=1S/C19H21N5O2/c25-18(20-14-6-7-16-17(12-14)22-19(26)21-16)13-23-8-10-24(11-9-23)15-4-2-1-3-5-15/h1-7,12H,8-11,13H2,(H,20,25)(H2,21,22,26). The number of fused-ring (bicyclic) bond motifs is 1. The number of nitrogens with one attached hydrogen (secondary N) is 3. The molecule has 2 aromatic carbocycles. The van der Waals surface area contributed by atoms with Crippen LogP contribution in [0.15, 0.2) is 53.3 Å². The highest BCUT2D eigenvalue weighted by atomic mass is 16.2. The Kier molecular flexibility index (Phi) is 4.45. The zero-order valence-electron chi connectivity index (χ0n) is 14.4. The predicted octanol–water partition coefficient (Wildman–Crippen LogP) is 1.62. The number of carbonyl (C=O) groups is 1. The van der Waals surface area contributed by atoms with Gasteiger partial charge >= 0.3 is 5.69 Å². The number of H-pyrrole nitrogens is 2. The minimum atomic E-state index is -0.250. The lowest BCUT2D eigenvalue weighted by molar-refractivity contribution is -0.117. The minimum Gasteiger partial charge on any atom is -0.369 e. The van der Waals surface area contributed by atoms with Crippen LogP contribution in [0.4, 0.5) is 11.4 Å². The molecular weight excluding hydrogens is 330 g/mol. The summed E-state index contributed by atoms with van der Waals surface area (Å²) in [6, 6.07) is 15.7. The fourth-order valence-corrected chi connectivity index (χ4v) is 3.32. The molecule has 0 radical (unpaired) electrons. The highest BCUT2D eigenvalue weighted by Crippen LogP contribution is 2.16. The van der Waals surface area contributed by atoms with Gasteiger partial charge in [0.1, 0.15) is 0 Å². The van der Waals surface area contributed by atoms with E-state index in [-0.39, 0.29) is 11.6 Å². The van der Waals surface area contributed by atoms with E-state index in [0.717, 1.165) is 31.7 Å². The van der Waals surface area contributed by atoms with E-state index in [1.807, 2.05) is 18.2 Å². The molecule has 1 saturated heterocycles. The quantitative estimate of drug-likeness (QED) is 0.667. The van der Waals surface area contributed by atoms with Gasteiger partial charge in [-0.05, 0) is 30.3 Å². The van der Waals surface area contributed by atoms with Gasteiger partial charge in [0.05, 0.1) is 17.6 Å². The Bertz CT molecular complexity index is 955. The highest BCUT2D eigenvalue weighted by Gasteiger charge is 2.19. The molecule has 1 aromatic heterocycles. The smallest absolute Gasteiger partial charge is 0.323 e. The molecule has 0 atom stereocenters. The molecule has 1 amide bonds. The van der Waals surface area contributed by atoms with Crippen molar-refractivity contribution in [2.24, 2.45) is 0 Å². The first kappa shape index (κ1) is 16.4. The summed E-state index contributed by atoms with van der Waals surface area (Å²) < 4.78 is 0. The zero-order valence-corrected chi connectivity index (χ0v) is 14.4. The molecule has 1 aliphatic rings. The molecule has 0 aliphatic carbocycles. The second kappa shape index (κ2) is 7.05. The Labute approximate surface area is 150 Å². The van der Waals surface area contributed by atoms with Gasteiger partial charge in [-0.3, -0.25) is 9.69 Å². The number of amides is 1. The number of nitrogens with zero attached hydrogens (tertiary/aromatic N) is 2. The lowest BCUT2D eigenvalue weighted by Gasteiger charge is -2.35. The molecule has 134 valence electrons. The van der Waals surface area contributed by atoms with Crippen LogP contribution in [0, 0.1) is 0 Å². The topological polar surface area (TPSA) is 84.2 Å². The van der Waals surface area contributed by atoms with Gasteiger partial charge in [-0.15, -0.1) is 0 Å². The average molecular weight is 351 g/mol. The van der Waals surface area contributed by atoms with Gasteiger partial charge in [0.2, 0.25) is 5.91 Å². The lowest BCUT2D eigenvalue weighted by atomic mass is 10.2. The van der Waals surface area contributed by atoms with E-state index in [1.165, 1.54) is 5.69 Å². The third-order valence-electron chi connectivity index (χ3n) is 4.66. The van der Waals surface area contributed by atoms with Gasteiger partial charge in [0, 0.05) is 37.6 Å². The Hall–Kier alpha value is -3.06. The van der Waals surface area contributed by atoms with E-state index in [4.69, 9.17) is 0 Å². The summed E-state index contributed by atoms with van der Waals surface area (Å²) in [6.45, 7) is 3.89. The normalized spacial score (nSPS) is 15.3. The number of aromatic nitrogens is 2. The number of para-hydroxylation sites is 1. The van der Waals surface area contributed by atoms with Crippen LogP contribution in [0.1, 0.15) is 0 Å². The number of imidazole rings is 1. The summed E-state index contributed by atoms with van der Waals surface area (Å²) in [7, 11) is 0. The van der Waals surface area contributed by atoms with Gasteiger partial charge in [-0.2, -0.15) is 0 Å². The van der Waals surface area contributed by atoms with Gasteiger partial charge < -0.3 is 20.2 Å². The van der Waals surface area contributed by atoms with Crippen molar-refractivity contribution in [1.82, 2.24) is 14.9 Å². The molecule has 4 rings (SSSR count). The van der Waals surface area contributed by atoms with Crippen molar-refractivity contribution in [1.29, 1.82) is 0 Å². The molecule has 0 spiro atoms. The van der Waals surface area contributed by atoms with Crippen molar-refractivity contribution >= 4 is 28.3 Å². The van der Waals surface area contributed by atoms with Crippen LogP contribution in [-0.2, 0) is 4.79 Å². The highest BCUT2D eigenvalue weighted by molar-refractivity contribution is 5.94. The largest absolute Gasteiger partial charge is 0.369 e. The van der Waals surface area contributed by atoms with Crippen molar-refractivity contribution in [3.05, 3.63) is 59.0 Å². The first-order valence-electron chi connectivity index (χ1n) is 8.72. The number of benzene rings is 2. The van der Waals surface area contributed by atoms with Crippen LogP contribution >= 0.6 is 0 Å². The molecule has 0 bridgehead atoms. The summed E-state index contributed by atoms with van der Waals surface area (Å²) in [5, 5.41) is 2.90. The Morgan fingerprint density at radius 3 is 2.46 bits per heavy atom. The number of piperazine rings is 1. The maximum Gasteiger partial charge on any atom is 0.323 e. The molecule has 3 N–H and O–H groups in total. The van der Waals surface area contributed by atoms with Gasteiger partial charge in [0.25, 0.3) is 0 Å². The van der Waals surface area contributed by atoms with Crippen molar-refractivity contribution in [2.45, 2.75) is 0 Å². The van der Waals surface area contributed by atoms with Gasteiger partial charge in [-0.1, -0.05) is 18.2 Å². The van der Waals surface area contributed by atoms with Crippen molar-refractivity contribution < 1.29 is 4.79 Å². The van der Waals surface area contributed by atoms with Crippen molar-refractivity contribution in [3.8, 4) is 0 Å². The summed E-state index contributed by atoms with van der Waals surface area (Å²) in [4.78, 5) is 33.5. The zero-order chi connectivity index (χ0) is 17.9. The number of carbonyl (C=O) groups excluding carboxylic acids is 1. The first-order valence-corrected chi connectivity index (χ1v) is 8.72. The second-order valence-corrected chi connectivity index (χ2v) is 6.49. The van der Waals surface area contributed by atoms with Crippen LogP contribution in [0.25, 0.3) is 11.0 Å². The number of anilines is 2. The summed E-state index contributed by atoms with van der Waals surface area (Å²) >= 11 is 0. The van der Waals surface area contributed by atoms with Crippen molar-refractivity contribution in [2.75, 3.05) is 42.9 Å². The molecule has 1 fully saturated rings. The fraction of sp³-hybridized carbons (Fsp3) is 0.263. The number of hydrogen-bond acceptors (Lipinski definition) is 4. The number of aromatic amines is 2. The molecule has 1 aliphatic heterocycles. The molecule has 7 heteroatoms. The Balaban J connectivity index is 1.31. The molecule has 3 aromatic rings. The lowest BCUT2D eigenvalue weighted by Crippen LogP contribution is -2.48. The van der Waals surface area contributed by atoms with Crippen LogP contribution in [0.5, 0.6) is 0 Å². The molecule has 7 nitrogen and oxygen atoms in total. The number of rotatable bonds is 4. The van der Waals surface area contributed by atoms with E-state index in [2.05, 4.69) is 37.2 Å². The van der Waals surface area contributed by atoms with E-state index in [9.17, 15) is 9.59 Å². The van der Waals surface area contributed by atoms with Gasteiger partial charge in [0.15, 0.2) is 0 Å². The SMILES string of the molecule is O=C(CN1CCN(c2ccccc2)CC1)Nc1ccc2[nH]c(=O)[nH]c2c1. The monoisotopic (exact) mass is 351 g/mol. The molecule has 0 saturated carbocycles. The third kappa shape index (κ3) is 3.62. The minimum absolute atomic E-state index is 0.0459. The van der Waals surface area contributed by atoms with E-state index in [0.29, 0.717) is 17.7 Å². The van der Waals surface area contributed by atoms with Crippen LogP contribution < -0.4 is 15.9 Å². The first-order chi connectivity index (χ1) is 12.7. The van der Waals surface area contributed by atoms with Gasteiger partial charge in [-0.25, -0.2) is 4.79 Å². The summed E-state index contributed by atoms with van der Waals surface area (Å²) in [6.07, 6.45) is 0. The second-order valence-electron chi connectivity index (χ2n) is 6.49. The average Bonchev–Trinajstić information content (AvgIpc) is 3.02. The maximum absolute atomic E-state index is 12.3. The Morgan fingerprint density at radius 1 is 0.962 bits per heavy atom.